The molecule has 110 valence electrons. The summed E-state index contributed by atoms with van der Waals surface area (Å²) in [5.41, 5.74) is 4.23. The second-order valence-corrected chi connectivity index (χ2v) is 5.65. The molecule has 0 unspecified atom stereocenters. The van der Waals surface area contributed by atoms with E-state index in [1.54, 1.807) is 18.2 Å². The molecule has 6 nitrogen and oxygen atoms in total. The van der Waals surface area contributed by atoms with Gasteiger partial charge in [-0.05, 0) is 51.5 Å². The van der Waals surface area contributed by atoms with E-state index in [1.807, 2.05) is 27.7 Å². The van der Waals surface area contributed by atoms with Crippen molar-refractivity contribution in [2.24, 2.45) is 5.84 Å². The van der Waals surface area contributed by atoms with Crippen molar-refractivity contribution in [3.8, 4) is 0 Å². The van der Waals surface area contributed by atoms with E-state index in [0.717, 1.165) is 11.3 Å². The Morgan fingerprint density at radius 2 is 1.90 bits per heavy atom. The van der Waals surface area contributed by atoms with Crippen molar-refractivity contribution >= 4 is 17.5 Å². The van der Waals surface area contributed by atoms with Crippen LogP contribution in [0.1, 0.15) is 36.7 Å². The van der Waals surface area contributed by atoms with Crippen molar-refractivity contribution in [2.45, 2.75) is 33.2 Å². The first kappa shape index (κ1) is 16.0. The number of nitrogens with one attached hydrogen (secondary N) is 3. The van der Waals surface area contributed by atoms with E-state index < -0.39 is 0 Å². The summed E-state index contributed by atoms with van der Waals surface area (Å²) in [5, 5.41) is 5.38. The van der Waals surface area contributed by atoms with Crippen molar-refractivity contribution in [1.29, 1.82) is 0 Å². The quantitative estimate of drug-likeness (QED) is 0.486. The topological polar surface area (TPSA) is 96.2 Å². The van der Waals surface area contributed by atoms with E-state index in [2.05, 4.69) is 16.1 Å². The van der Waals surface area contributed by atoms with Gasteiger partial charge in [0, 0.05) is 16.8 Å². The fraction of sp³-hybridized carbons (Fsp3) is 0.429. The van der Waals surface area contributed by atoms with E-state index in [9.17, 15) is 9.59 Å². The number of hydrogen-bond donors (Lipinski definition) is 4. The van der Waals surface area contributed by atoms with Crippen molar-refractivity contribution in [1.82, 2.24) is 10.6 Å². The van der Waals surface area contributed by atoms with Crippen LogP contribution in [0.2, 0.25) is 0 Å². The number of rotatable bonds is 4. The molecule has 0 radical (unpaired) electrons. The molecule has 0 aliphatic rings. The minimum absolute atomic E-state index is 0.0492. The second kappa shape index (κ2) is 6.38. The molecule has 1 aromatic rings. The molecule has 0 saturated heterocycles. The highest BCUT2D eigenvalue weighted by molar-refractivity contribution is 5.98. The molecular formula is C14H22N4O2. The Labute approximate surface area is 119 Å². The molecule has 0 saturated carbocycles. The molecule has 1 aromatic carbocycles. The predicted octanol–water partition coefficient (Wildman–Crippen LogP) is 0.925. The Balaban J connectivity index is 2.61. The molecular weight excluding hydrogens is 256 g/mol. The van der Waals surface area contributed by atoms with Gasteiger partial charge >= 0.3 is 0 Å². The summed E-state index contributed by atoms with van der Waals surface area (Å²) in [4.78, 5) is 23.6. The SMILES string of the molecule is Cc1cc(NN)ccc1C(=O)NCC(=O)NC(C)(C)C. The van der Waals surface area contributed by atoms with E-state index in [-0.39, 0.29) is 23.9 Å². The molecule has 0 heterocycles. The third-order valence-corrected chi connectivity index (χ3v) is 2.56. The standard InChI is InChI=1S/C14H22N4O2/c1-9-7-10(18-15)5-6-11(9)13(20)16-8-12(19)17-14(2,3)4/h5-7,18H,8,15H2,1-4H3,(H,16,20)(H,17,19). The number of hydrazine groups is 1. The number of carbonyl (C=O) groups excluding carboxylic acids is 2. The van der Waals surface area contributed by atoms with E-state index in [4.69, 9.17) is 5.84 Å². The molecule has 0 aliphatic carbocycles. The third kappa shape index (κ3) is 4.89. The predicted molar refractivity (Wildman–Crippen MR) is 79.2 cm³/mol. The normalized spacial score (nSPS) is 10.8. The van der Waals surface area contributed by atoms with Crippen LogP contribution in [0.3, 0.4) is 0 Å². The summed E-state index contributed by atoms with van der Waals surface area (Å²) in [6.07, 6.45) is 0. The molecule has 0 atom stereocenters. The lowest BCUT2D eigenvalue weighted by atomic mass is 10.1. The fourth-order valence-electron chi connectivity index (χ4n) is 1.73. The Kier molecular flexibility index (Phi) is 5.10. The first-order valence-electron chi connectivity index (χ1n) is 6.39. The Bertz CT molecular complexity index is 506. The Morgan fingerprint density at radius 3 is 2.40 bits per heavy atom. The van der Waals surface area contributed by atoms with Crippen LogP contribution in [0.15, 0.2) is 18.2 Å². The number of nitrogen functional groups attached to an aromatic ring is 1. The van der Waals surface area contributed by atoms with Crippen LogP contribution < -0.4 is 21.9 Å². The van der Waals surface area contributed by atoms with E-state index >= 15 is 0 Å². The van der Waals surface area contributed by atoms with Gasteiger partial charge in [0.2, 0.25) is 5.91 Å². The zero-order valence-electron chi connectivity index (χ0n) is 12.3. The molecule has 0 spiro atoms. The van der Waals surface area contributed by atoms with Crippen LogP contribution in [0.4, 0.5) is 5.69 Å². The highest BCUT2D eigenvalue weighted by atomic mass is 16.2. The van der Waals surface area contributed by atoms with Gasteiger partial charge in [-0.25, -0.2) is 0 Å². The highest BCUT2D eigenvalue weighted by Crippen LogP contribution is 2.14. The number of carbonyl (C=O) groups is 2. The van der Waals surface area contributed by atoms with Gasteiger partial charge in [0.1, 0.15) is 0 Å². The number of hydrogen-bond acceptors (Lipinski definition) is 4. The van der Waals surface area contributed by atoms with Gasteiger partial charge in [-0.1, -0.05) is 0 Å². The highest BCUT2D eigenvalue weighted by Gasteiger charge is 2.15. The number of nitrogens with two attached hydrogens (primary N) is 1. The van der Waals surface area contributed by atoms with Gasteiger partial charge in [0.05, 0.1) is 6.54 Å². The first-order valence-corrected chi connectivity index (χ1v) is 6.39. The summed E-state index contributed by atoms with van der Waals surface area (Å²) in [5.74, 6) is 4.80. The Hall–Kier alpha value is -2.08. The molecule has 0 bridgehead atoms. The van der Waals surface area contributed by atoms with Crippen molar-refractivity contribution in [2.75, 3.05) is 12.0 Å². The van der Waals surface area contributed by atoms with Crippen LogP contribution in [0, 0.1) is 6.92 Å². The van der Waals surface area contributed by atoms with Crippen LogP contribution in [-0.2, 0) is 4.79 Å². The van der Waals surface area contributed by atoms with Gasteiger partial charge < -0.3 is 16.1 Å². The summed E-state index contributed by atoms with van der Waals surface area (Å²) in [7, 11) is 0. The van der Waals surface area contributed by atoms with Gasteiger partial charge in [-0.3, -0.25) is 15.4 Å². The Morgan fingerprint density at radius 1 is 1.25 bits per heavy atom. The maximum atomic E-state index is 12.0. The van der Waals surface area contributed by atoms with Gasteiger partial charge in [-0.2, -0.15) is 0 Å². The average Bonchev–Trinajstić information content (AvgIpc) is 2.33. The van der Waals surface area contributed by atoms with Gasteiger partial charge in [0.15, 0.2) is 0 Å². The van der Waals surface area contributed by atoms with E-state index in [0.29, 0.717) is 5.56 Å². The molecule has 1 rings (SSSR count). The molecule has 0 aromatic heterocycles. The molecule has 0 fully saturated rings. The zero-order valence-corrected chi connectivity index (χ0v) is 12.3. The maximum Gasteiger partial charge on any atom is 0.251 e. The number of aryl methyl sites for hydroxylation is 1. The maximum absolute atomic E-state index is 12.0. The number of anilines is 1. The summed E-state index contributed by atoms with van der Waals surface area (Å²) in [6.45, 7) is 7.41. The smallest absolute Gasteiger partial charge is 0.251 e. The molecule has 6 heteroatoms. The minimum Gasteiger partial charge on any atom is -0.350 e. The van der Waals surface area contributed by atoms with Crippen molar-refractivity contribution < 1.29 is 9.59 Å². The van der Waals surface area contributed by atoms with Gasteiger partial charge in [0.25, 0.3) is 5.91 Å². The molecule has 20 heavy (non-hydrogen) atoms. The monoisotopic (exact) mass is 278 g/mol. The third-order valence-electron chi connectivity index (χ3n) is 2.56. The summed E-state index contributed by atoms with van der Waals surface area (Å²) >= 11 is 0. The first-order chi connectivity index (χ1) is 9.23. The van der Waals surface area contributed by atoms with E-state index in [1.165, 1.54) is 0 Å². The van der Waals surface area contributed by atoms with Crippen molar-refractivity contribution in [3.63, 3.8) is 0 Å². The number of amides is 2. The van der Waals surface area contributed by atoms with Crippen LogP contribution in [-0.4, -0.2) is 23.9 Å². The van der Waals surface area contributed by atoms with Crippen LogP contribution in [0.25, 0.3) is 0 Å². The molecule has 5 N–H and O–H groups in total. The lowest BCUT2D eigenvalue weighted by Gasteiger charge is -2.20. The lowest BCUT2D eigenvalue weighted by molar-refractivity contribution is -0.121. The minimum atomic E-state index is -0.313. The van der Waals surface area contributed by atoms with Crippen LogP contribution in [0.5, 0.6) is 0 Å². The summed E-state index contributed by atoms with van der Waals surface area (Å²) < 4.78 is 0. The van der Waals surface area contributed by atoms with Crippen molar-refractivity contribution in [3.05, 3.63) is 29.3 Å². The molecule has 2 amide bonds. The lowest BCUT2D eigenvalue weighted by Crippen LogP contribution is -2.45. The summed E-state index contributed by atoms with van der Waals surface area (Å²) in [6, 6.07) is 5.14. The van der Waals surface area contributed by atoms with Gasteiger partial charge in [-0.15, -0.1) is 0 Å². The second-order valence-electron chi connectivity index (χ2n) is 5.65. The largest absolute Gasteiger partial charge is 0.350 e. The molecule has 0 aliphatic heterocycles. The average molecular weight is 278 g/mol. The fourth-order valence-corrected chi connectivity index (χ4v) is 1.73. The number of benzene rings is 1. The van der Waals surface area contributed by atoms with Crippen LogP contribution >= 0.6 is 0 Å². The zero-order chi connectivity index (χ0) is 15.3.